The van der Waals surface area contributed by atoms with Crippen molar-refractivity contribution in [2.75, 3.05) is 66.4 Å². The third-order valence-corrected chi connectivity index (χ3v) is 23.9. The number of ether oxygens (including phenoxy) is 1. The summed E-state index contributed by atoms with van der Waals surface area (Å²) in [6.07, 6.45) is 2.98. The second-order valence-corrected chi connectivity index (χ2v) is 34.6. The smallest absolute Gasteiger partial charge is 0.293 e. The number of H-pyrrole nitrogens is 1. The second-order valence-electron chi connectivity index (χ2n) is 33.6. The minimum absolute atomic E-state index is 0. The number of nitrogens with one attached hydrogen (secondary N) is 7. The lowest BCUT2D eigenvalue weighted by molar-refractivity contribution is -0.151. The van der Waals surface area contributed by atoms with Crippen molar-refractivity contribution in [3.05, 3.63) is 179 Å². The lowest BCUT2D eigenvalue weighted by Gasteiger charge is -2.37. The molecule has 11 atom stereocenters. The van der Waals surface area contributed by atoms with Crippen LogP contribution in [-0.4, -0.2) is 261 Å². The number of para-hydroxylation sites is 1. The van der Waals surface area contributed by atoms with Crippen LogP contribution in [0.4, 0.5) is 0 Å². The molecule has 0 unspecified atom stereocenters. The van der Waals surface area contributed by atoms with E-state index in [-0.39, 0.29) is 88.4 Å². The molecular formula is C95H124N14O19S. The maximum absolute atomic E-state index is 15.5. The molecule has 1 aromatic heterocycles. The Morgan fingerprint density at radius 1 is 0.550 bits per heavy atom. The summed E-state index contributed by atoms with van der Waals surface area (Å²) in [5, 5.41) is 38.2. The van der Waals surface area contributed by atoms with Gasteiger partial charge < -0.3 is 82.1 Å². The number of aromatic hydroxyl groups is 2. The number of benzene rings is 5. The normalized spacial score (nSPS) is 22.4. The van der Waals surface area contributed by atoms with E-state index >= 15 is 38.4 Å². The van der Waals surface area contributed by atoms with Crippen molar-refractivity contribution in [2.24, 2.45) is 34.4 Å². The second kappa shape index (κ2) is 50.6. The van der Waals surface area contributed by atoms with Crippen molar-refractivity contribution >= 4 is 124 Å². The number of hydrogen-bond acceptors (Lipinski definition) is 21. The summed E-state index contributed by atoms with van der Waals surface area (Å²) in [7, 11) is 6.80. The number of Topliss-reactive ketones (excluding diaryl/α,β-unsaturated/α-hetero) is 3. The van der Waals surface area contributed by atoms with Gasteiger partial charge in [-0.1, -0.05) is 158 Å². The van der Waals surface area contributed by atoms with Crippen molar-refractivity contribution in [1.82, 2.24) is 61.4 Å². The quantitative estimate of drug-likeness (QED) is 0.0313. The standard InChI is InChI=1S/C94H120N14O19S.CH4/c1-11-12-27-78-93(125)104(6)51-68(112)46-65(53-127-56-109)82(114)48-70(58(4)5)90(122)107(9)79(44-59-21-15-13-16-22-59)89(121)102-75(42-62-30-34-67(111)35-31-62)91(123)105(7)52-84(116)98-74(47-64-50-97-71-26-20-19-25-69(64)71)88(120)101-73(41-61-28-32-66(110)33-29-61)87(119)100-72(40-57(2)3)86(118)103-77(81(113)36-37-83(95)115)54-128-55-85(117)99-76(43-63-38-39-96-49-63)92(124)108(10)80(94(126)106(78)8)45-60-23-17-14-18-24-60;/h13-26,28-35,39,49-50,56-58,65,70,72-80,97,110-111H,11-12,27,36-38,40-48,51-55H2,1-10H3,(H2,95,115)(H,98,116)(H,99,117)(H,100,119)(H,101,120)(H,102,121)(H,103,118);1H4/t65-,70-,72-,73-,74-,75-,76-,77-,78-,79-,80-;/m0./s1. The molecule has 3 heterocycles. The van der Waals surface area contributed by atoms with Crippen LogP contribution in [0.2, 0.25) is 0 Å². The number of fused-ring (bicyclic) bond motifs is 1. The molecule has 0 aliphatic carbocycles. The highest BCUT2D eigenvalue weighted by atomic mass is 32.2. The monoisotopic (exact) mass is 1800 g/mol. The molecule has 0 saturated carbocycles. The molecular weight excluding hydrogens is 1670 g/mol. The molecule has 0 radical (unpaired) electrons. The van der Waals surface area contributed by atoms with E-state index in [1.54, 1.807) is 131 Å². The summed E-state index contributed by atoms with van der Waals surface area (Å²) >= 11 is 0.879. The van der Waals surface area contributed by atoms with Gasteiger partial charge in [0.2, 0.25) is 70.9 Å². The average Bonchev–Trinajstić information content (AvgIpc) is 1.52. The number of carbonyl (C=O) groups excluding carboxylic acids is 16. The van der Waals surface area contributed by atoms with Crippen LogP contribution in [0.15, 0.2) is 156 Å². The Balaban J connectivity index is 0.0000228. The van der Waals surface area contributed by atoms with E-state index in [0.29, 0.717) is 63.6 Å². The Morgan fingerprint density at radius 2 is 1.08 bits per heavy atom. The Kier molecular flexibility index (Phi) is 40.5. The fourth-order valence-corrected chi connectivity index (χ4v) is 16.4. The molecule has 2 aliphatic heterocycles. The summed E-state index contributed by atoms with van der Waals surface area (Å²) in [5.74, 6) is -16.3. The van der Waals surface area contributed by atoms with E-state index in [9.17, 15) is 48.6 Å². The number of likely N-dealkylation sites (N-methyl/N-ethyl adjacent to an activating group) is 5. The molecule has 8 rings (SSSR count). The molecule has 12 amide bonds. The maximum Gasteiger partial charge on any atom is 0.293 e. The van der Waals surface area contributed by atoms with Gasteiger partial charge in [0.15, 0.2) is 11.6 Å². The number of unbranched alkanes of at least 4 members (excludes halogenated alkanes) is 1. The third-order valence-electron chi connectivity index (χ3n) is 22.8. The molecule has 0 bridgehead atoms. The number of phenols is 2. The first-order chi connectivity index (χ1) is 61.0. The number of nitrogens with two attached hydrogens (primary N) is 1. The zero-order valence-electron chi connectivity index (χ0n) is 74.2. The number of amides is 12. The number of carbonyl (C=O) groups is 16. The van der Waals surface area contributed by atoms with Gasteiger partial charge in [0.25, 0.3) is 6.47 Å². The Hall–Kier alpha value is -12.9. The van der Waals surface area contributed by atoms with Crippen LogP contribution in [0.5, 0.6) is 11.5 Å². The van der Waals surface area contributed by atoms with Crippen LogP contribution >= 0.6 is 11.8 Å². The number of aliphatic imine (C=N–C) groups is 1. The van der Waals surface area contributed by atoms with Crippen LogP contribution in [0.25, 0.3) is 10.9 Å². The number of rotatable bonds is 25. The van der Waals surface area contributed by atoms with E-state index < -0.39 is 211 Å². The number of phenolic OH excluding ortho intramolecular Hbond substituents is 2. The van der Waals surface area contributed by atoms with Gasteiger partial charge >= 0.3 is 0 Å². The first-order valence-electron chi connectivity index (χ1n) is 43.0. The summed E-state index contributed by atoms with van der Waals surface area (Å²) in [6.45, 7) is 6.87. The van der Waals surface area contributed by atoms with Gasteiger partial charge in [-0.05, 0) is 94.8 Å². The molecule has 1 saturated heterocycles. The molecule has 6 aromatic rings. The first kappa shape index (κ1) is 103. The van der Waals surface area contributed by atoms with Crippen molar-refractivity contribution in [3.8, 4) is 11.5 Å². The molecule has 5 aromatic carbocycles. The van der Waals surface area contributed by atoms with E-state index in [2.05, 4.69) is 41.9 Å². The SMILES string of the molecule is C.CCCC[C@H]1C(=O)N(C)CC(=O)C[C@@H](COC=O)C(=O)C[C@@H](C(C)C)C(=O)N(C)[C@@H](Cc2ccccc2)C(=O)N[C@@H](Cc2ccc(O)cc2)C(=O)N(C)CC(=O)N[C@@H](Cc2c[nH]c3ccccc23)C(=O)N[C@@H](Cc2ccc(O)cc2)C(=O)N[C@@H](CC(C)C)C(=O)N[C@H](C(=O)CCC(N)=O)CSCC(=O)N[C@@H](CC2=CN=CC2)C(=O)N(C)[C@@H](Cc2ccccc2)C(=O)N1C. The van der Waals surface area contributed by atoms with Gasteiger partial charge in [-0.3, -0.25) is 81.7 Å². The molecule has 33 nitrogen and oxygen atoms in total. The van der Waals surface area contributed by atoms with Crippen LogP contribution in [0.1, 0.15) is 134 Å². The average molecular weight is 1800 g/mol. The Morgan fingerprint density at radius 3 is 1.66 bits per heavy atom. The van der Waals surface area contributed by atoms with Gasteiger partial charge in [0, 0.05) is 141 Å². The summed E-state index contributed by atoms with van der Waals surface area (Å²) < 4.78 is 5.15. The number of nitrogens with zero attached hydrogens (tertiary/aromatic N) is 6. The molecule has 694 valence electrons. The zero-order valence-corrected chi connectivity index (χ0v) is 75.0. The number of hydrogen-bond donors (Lipinski definition) is 10. The van der Waals surface area contributed by atoms with Crippen LogP contribution in [0.3, 0.4) is 0 Å². The number of primary amides is 1. The predicted molar refractivity (Wildman–Crippen MR) is 488 cm³/mol. The lowest BCUT2D eigenvalue weighted by atomic mass is 9.84. The van der Waals surface area contributed by atoms with E-state index in [1.807, 2.05) is 6.92 Å². The number of aromatic amines is 1. The van der Waals surface area contributed by atoms with Crippen molar-refractivity contribution in [1.29, 1.82) is 0 Å². The first-order valence-corrected chi connectivity index (χ1v) is 44.1. The fourth-order valence-electron chi connectivity index (χ4n) is 15.5. The highest BCUT2D eigenvalue weighted by Crippen LogP contribution is 2.28. The minimum atomic E-state index is -1.57. The Bertz CT molecular complexity index is 4950. The van der Waals surface area contributed by atoms with Gasteiger partial charge in [0.1, 0.15) is 72.2 Å². The van der Waals surface area contributed by atoms with Gasteiger partial charge in [0.05, 0.1) is 30.8 Å². The topological polar surface area (TPSA) is 465 Å². The van der Waals surface area contributed by atoms with Crippen molar-refractivity contribution < 1.29 is 91.7 Å². The molecule has 2 aliphatic rings. The lowest BCUT2D eigenvalue weighted by Crippen LogP contribution is -2.59. The number of thioether (sulfide) groups is 1. The fraction of sp³-hybridized carbons (Fsp3) is 0.463. The molecule has 34 heteroatoms. The van der Waals surface area contributed by atoms with Crippen LogP contribution in [-0.2, 0) is 114 Å². The van der Waals surface area contributed by atoms with E-state index in [4.69, 9.17) is 10.5 Å². The van der Waals surface area contributed by atoms with Gasteiger partial charge in [-0.25, -0.2) is 0 Å². The van der Waals surface area contributed by atoms with Crippen LogP contribution < -0.4 is 37.6 Å². The van der Waals surface area contributed by atoms with Crippen molar-refractivity contribution in [3.63, 3.8) is 0 Å². The Labute approximate surface area is 757 Å². The van der Waals surface area contributed by atoms with E-state index in [1.165, 1.54) is 93.6 Å². The molecule has 11 N–H and O–H groups in total. The maximum atomic E-state index is 15.5. The highest BCUT2D eigenvalue weighted by Gasteiger charge is 2.42. The molecule has 0 spiro atoms. The number of aromatic nitrogens is 1. The summed E-state index contributed by atoms with van der Waals surface area (Å²) in [4.78, 5) is 248. The van der Waals surface area contributed by atoms with E-state index in [0.717, 1.165) is 26.5 Å². The van der Waals surface area contributed by atoms with Gasteiger partial charge in [-0.15, -0.1) is 11.8 Å². The zero-order chi connectivity index (χ0) is 93.4. The van der Waals surface area contributed by atoms with Crippen molar-refractivity contribution in [2.45, 2.75) is 193 Å². The third kappa shape index (κ3) is 31.2. The molecule has 129 heavy (non-hydrogen) atoms. The molecule has 1 fully saturated rings. The number of ketones is 3. The van der Waals surface area contributed by atoms with Crippen LogP contribution in [0, 0.1) is 23.7 Å². The highest BCUT2D eigenvalue weighted by molar-refractivity contribution is 8.00. The van der Waals surface area contributed by atoms with Gasteiger partial charge in [-0.2, -0.15) is 0 Å². The summed E-state index contributed by atoms with van der Waals surface area (Å²) in [6, 6.07) is 23.1. The predicted octanol–water partition coefficient (Wildman–Crippen LogP) is 5.58. The largest absolute Gasteiger partial charge is 0.508 e. The summed E-state index contributed by atoms with van der Waals surface area (Å²) in [5.41, 5.74) is 9.39. The minimum Gasteiger partial charge on any atom is -0.508 e.